The molecule has 1 amide bonds. The van der Waals surface area contributed by atoms with E-state index < -0.39 is 30.0 Å². The molecular formula is C30H40N2O7. The lowest BCUT2D eigenvalue weighted by molar-refractivity contribution is -0.143. The number of hydrogen-bond donors (Lipinski definition) is 4. The second-order valence-corrected chi connectivity index (χ2v) is 9.52. The number of carbonyl (C=O) groups is 3. The van der Waals surface area contributed by atoms with Gasteiger partial charge < -0.3 is 30.3 Å². The van der Waals surface area contributed by atoms with Crippen LogP contribution in [0.25, 0.3) is 5.76 Å². The molecule has 0 spiro atoms. The first-order valence-electron chi connectivity index (χ1n) is 13.3. The fraction of sp³-hybridized carbons (Fsp3) is 0.433. The van der Waals surface area contributed by atoms with Crippen molar-refractivity contribution in [3.8, 4) is 5.75 Å². The monoisotopic (exact) mass is 540 g/mol. The number of aliphatic hydroxyl groups excluding tert-OH is 1. The number of hydrogen-bond acceptors (Lipinski definition) is 7. The Morgan fingerprint density at radius 1 is 1.00 bits per heavy atom. The number of allylic oxidation sites excluding steroid dienone is 1. The second-order valence-electron chi connectivity index (χ2n) is 9.52. The summed E-state index contributed by atoms with van der Waals surface area (Å²) in [6.07, 6.45) is 2.05. The van der Waals surface area contributed by atoms with E-state index in [4.69, 9.17) is 9.47 Å². The SMILES string of the molecule is CCCNCC(O)COc1ccccc1/C(=C/Cc1ccccc1)OC(=O)CCC(=O)NC(C(=O)O)C(C)C. The van der Waals surface area contributed by atoms with E-state index in [9.17, 15) is 24.6 Å². The first-order valence-corrected chi connectivity index (χ1v) is 13.3. The molecule has 0 heterocycles. The summed E-state index contributed by atoms with van der Waals surface area (Å²) in [5.41, 5.74) is 1.54. The zero-order valence-electron chi connectivity index (χ0n) is 22.9. The van der Waals surface area contributed by atoms with Crippen molar-refractivity contribution in [3.63, 3.8) is 0 Å². The minimum absolute atomic E-state index is 0.0500. The summed E-state index contributed by atoms with van der Waals surface area (Å²) in [6, 6.07) is 15.7. The van der Waals surface area contributed by atoms with Crippen LogP contribution in [0.2, 0.25) is 0 Å². The fourth-order valence-corrected chi connectivity index (χ4v) is 3.67. The van der Waals surface area contributed by atoms with Crippen LogP contribution in [0.1, 0.15) is 51.2 Å². The van der Waals surface area contributed by atoms with Gasteiger partial charge in [-0.25, -0.2) is 4.79 Å². The summed E-state index contributed by atoms with van der Waals surface area (Å²) < 4.78 is 11.6. The minimum Gasteiger partial charge on any atom is -0.490 e. The maximum absolute atomic E-state index is 12.8. The van der Waals surface area contributed by atoms with Gasteiger partial charge in [-0.1, -0.05) is 63.2 Å². The molecule has 0 aliphatic rings. The highest BCUT2D eigenvalue weighted by molar-refractivity contribution is 5.87. The predicted molar refractivity (Wildman–Crippen MR) is 149 cm³/mol. The van der Waals surface area contributed by atoms with Crippen LogP contribution >= 0.6 is 0 Å². The van der Waals surface area contributed by atoms with Crippen LogP contribution in [0, 0.1) is 5.92 Å². The van der Waals surface area contributed by atoms with E-state index in [2.05, 4.69) is 10.6 Å². The number of amides is 1. The number of carboxylic acids is 1. The first-order chi connectivity index (χ1) is 18.7. The smallest absolute Gasteiger partial charge is 0.326 e. The quantitative estimate of drug-likeness (QED) is 0.136. The largest absolute Gasteiger partial charge is 0.490 e. The Balaban J connectivity index is 2.14. The number of aliphatic hydroxyl groups is 1. The summed E-state index contributed by atoms with van der Waals surface area (Å²) >= 11 is 0. The molecule has 9 nitrogen and oxygen atoms in total. The molecule has 212 valence electrons. The summed E-state index contributed by atoms with van der Waals surface area (Å²) in [7, 11) is 0. The average Bonchev–Trinajstić information content (AvgIpc) is 2.92. The molecule has 39 heavy (non-hydrogen) atoms. The molecule has 0 aliphatic carbocycles. The summed E-state index contributed by atoms with van der Waals surface area (Å²) in [4.78, 5) is 36.4. The summed E-state index contributed by atoms with van der Waals surface area (Å²) in [6.45, 7) is 6.66. The number of para-hydroxylation sites is 1. The van der Waals surface area contributed by atoms with Crippen molar-refractivity contribution in [2.24, 2.45) is 5.92 Å². The van der Waals surface area contributed by atoms with E-state index in [1.807, 2.05) is 37.3 Å². The molecule has 2 aromatic carbocycles. The van der Waals surface area contributed by atoms with Crippen LogP contribution < -0.4 is 15.4 Å². The van der Waals surface area contributed by atoms with Crippen LogP contribution in [0.3, 0.4) is 0 Å². The van der Waals surface area contributed by atoms with E-state index in [0.29, 0.717) is 24.3 Å². The van der Waals surface area contributed by atoms with Crippen LogP contribution in [0.4, 0.5) is 0 Å². The molecule has 0 radical (unpaired) electrons. The molecule has 2 atom stereocenters. The van der Waals surface area contributed by atoms with Crippen molar-refractivity contribution >= 4 is 23.6 Å². The van der Waals surface area contributed by atoms with E-state index in [1.54, 1.807) is 44.2 Å². The summed E-state index contributed by atoms with van der Waals surface area (Å²) in [5, 5.41) is 25.1. The van der Waals surface area contributed by atoms with Crippen molar-refractivity contribution in [2.75, 3.05) is 19.7 Å². The maximum Gasteiger partial charge on any atom is 0.326 e. The Morgan fingerprint density at radius 2 is 1.69 bits per heavy atom. The molecule has 0 aliphatic heterocycles. The molecule has 9 heteroatoms. The highest BCUT2D eigenvalue weighted by atomic mass is 16.5. The van der Waals surface area contributed by atoms with Gasteiger partial charge in [0.2, 0.25) is 5.91 Å². The molecule has 0 saturated heterocycles. The van der Waals surface area contributed by atoms with E-state index in [1.165, 1.54) is 0 Å². The molecule has 2 aromatic rings. The molecule has 2 unspecified atom stereocenters. The molecular weight excluding hydrogens is 500 g/mol. The van der Waals surface area contributed by atoms with Gasteiger partial charge in [-0.2, -0.15) is 0 Å². The van der Waals surface area contributed by atoms with Crippen molar-refractivity contribution in [2.45, 2.75) is 58.6 Å². The zero-order valence-corrected chi connectivity index (χ0v) is 22.9. The summed E-state index contributed by atoms with van der Waals surface area (Å²) in [5.74, 6) is -1.91. The molecule has 0 fully saturated rings. The third kappa shape index (κ3) is 11.7. The van der Waals surface area contributed by atoms with Crippen molar-refractivity contribution in [1.82, 2.24) is 10.6 Å². The second kappa shape index (κ2) is 17.0. The molecule has 0 aromatic heterocycles. The van der Waals surface area contributed by atoms with Crippen molar-refractivity contribution in [3.05, 3.63) is 71.8 Å². The van der Waals surface area contributed by atoms with Gasteiger partial charge in [-0.3, -0.25) is 9.59 Å². The minimum atomic E-state index is -1.13. The van der Waals surface area contributed by atoms with Gasteiger partial charge in [0, 0.05) is 13.0 Å². The Bertz CT molecular complexity index is 1090. The predicted octanol–water partition coefficient (Wildman–Crippen LogP) is 3.56. The van der Waals surface area contributed by atoms with Gasteiger partial charge in [0.1, 0.15) is 30.3 Å². The first kappa shape index (κ1) is 31.5. The lowest BCUT2D eigenvalue weighted by Crippen LogP contribution is -2.44. The fourth-order valence-electron chi connectivity index (χ4n) is 3.67. The van der Waals surface area contributed by atoms with Crippen LogP contribution in [0.5, 0.6) is 5.75 Å². The highest BCUT2D eigenvalue weighted by Crippen LogP contribution is 2.28. The third-order valence-electron chi connectivity index (χ3n) is 5.79. The number of esters is 1. The molecule has 0 saturated carbocycles. The maximum atomic E-state index is 12.8. The highest BCUT2D eigenvalue weighted by Gasteiger charge is 2.24. The van der Waals surface area contributed by atoms with Gasteiger partial charge in [0.15, 0.2) is 0 Å². The number of ether oxygens (including phenoxy) is 2. The van der Waals surface area contributed by atoms with Gasteiger partial charge >= 0.3 is 11.9 Å². The third-order valence-corrected chi connectivity index (χ3v) is 5.79. The van der Waals surface area contributed by atoms with E-state index >= 15 is 0 Å². The van der Waals surface area contributed by atoms with Gasteiger partial charge in [0.05, 0.1) is 12.0 Å². The Labute approximate surface area is 230 Å². The van der Waals surface area contributed by atoms with Crippen molar-refractivity contribution in [1.29, 1.82) is 0 Å². The van der Waals surface area contributed by atoms with Crippen LogP contribution in [-0.2, 0) is 25.5 Å². The Kier molecular flexibility index (Phi) is 13.7. The van der Waals surface area contributed by atoms with Gasteiger partial charge in [-0.15, -0.1) is 0 Å². The van der Waals surface area contributed by atoms with Crippen LogP contribution in [0.15, 0.2) is 60.7 Å². The molecule has 4 N–H and O–H groups in total. The van der Waals surface area contributed by atoms with Gasteiger partial charge in [0.25, 0.3) is 0 Å². The van der Waals surface area contributed by atoms with Crippen LogP contribution in [-0.4, -0.2) is 59.9 Å². The van der Waals surface area contributed by atoms with E-state index in [-0.39, 0.29) is 31.1 Å². The topological polar surface area (TPSA) is 134 Å². The normalized spacial score (nSPS) is 13.0. The molecule has 2 rings (SSSR count). The number of carbonyl (C=O) groups excluding carboxylic acids is 2. The number of rotatable bonds is 17. The number of benzene rings is 2. The van der Waals surface area contributed by atoms with E-state index in [0.717, 1.165) is 18.5 Å². The Morgan fingerprint density at radius 3 is 2.36 bits per heavy atom. The average molecular weight is 541 g/mol. The lowest BCUT2D eigenvalue weighted by Gasteiger charge is -2.18. The zero-order chi connectivity index (χ0) is 28.6. The Hall–Kier alpha value is -3.69. The number of aliphatic carboxylic acids is 1. The van der Waals surface area contributed by atoms with Crippen molar-refractivity contribution < 1.29 is 34.1 Å². The lowest BCUT2D eigenvalue weighted by atomic mass is 10.0. The standard InChI is InChI=1S/C30H40N2O7/c1-4-18-31-19-23(33)20-38-25-13-9-8-12-24(25)26(15-14-22-10-6-5-7-11-22)39-28(35)17-16-27(34)32-29(21(2)3)30(36)37/h5-13,15,21,23,29,31,33H,4,14,16-20H2,1-3H3,(H,32,34)(H,36,37)/b26-15-. The number of carboxylic acid groups (broad SMARTS) is 1. The molecule has 0 bridgehead atoms. The van der Waals surface area contributed by atoms with Gasteiger partial charge in [-0.05, 0) is 49.1 Å². The number of nitrogens with one attached hydrogen (secondary N) is 2.